The number of hydrogen-bond donors (Lipinski definition) is 0. The minimum absolute atomic E-state index is 0.340. The van der Waals surface area contributed by atoms with Crippen LogP contribution in [-0.2, 0) is 9.53 Å². The molecular weight excluding hydrogens is 268 g/mol. The van der Waals surface area contributed by atoms with E-state index in [-0.39, 0.29) is 5.97 Å². The number of carbonyl (C=O) groups excluding carboxylic acids is 1. The van der Waals surface area contributed by atoms with E-state index in [1.807, 2.05) is 32.0 Å². The minimum Gasteiger partial charge on any atom is -0.490 e. The summed E-state index contributed by atoms with van der Waals surface area (Å²) in [6.07, 6.45) is 5.00. The molecular formula is C17H24O4. The highest BCUT2D eigenvalue weighted by molar-refractivity contribution is 5.87. The number of unbranched alkanes of at least 4 members (excludes halogenated alkanes) is 1. The third kappa shape index (κ3) is 5.90. The lowest BCUT2D eigenvalue weighted by molar-refractivity contribution is -0.137. The number of benzene rings is 1. The summed E-state index contributed by atoms with van der Waals surface area (Å²) in [6.45, 7) is 7.44. The van der Waals surface area contributed by atoms with Crippen molar-refractivity contribution in [1.29, 1.82) is 0 Å². The van der Waals surface area contributed by atoms with E-state index in [4.69, 9.17) is 14.2 Å². The van der Waals surface area contributed by atoms with Crippen LogP contribution in [0.15, 0.2) is 24.3 Å². The molecule has 0 saturated heterocycles. The molecule has 1 aromatic rings. The molecule has 0 aliphatic heterocycles. The zero-order chi connectivity index (χ0) is 15.5. The molecule has 0 radical (unpaired) electrons. The number of esters is 1. The van der Waals surface area contributed by atoms with E-state index in [0.717, 1.165) is 18.4 Å². The van der Waals surface area contributed by atoms with Crippen LogP contribution in [0.5, 0.6) is 11.5 Å². The Labute approximate surface area is 126 Å². The van der Waals surface area contributed by atoms with Gasteiger partial charge in [0, 0.05) is 11.6 Å². The van der Waals surface area contributed by atoms with Gasteiger partial charge in [-0.25, -0.2) is 4.79 Å². The topological polar surface area (TPSA) is 44.8 Å². The van der Waals surface area contributed by atoms with Gasteiger partial charge in [-0.05, 0) is 32.4 Å². The summed E-state index contributed by atoms with van der Waals surface area (Å²) >= 11 is 0. The number of para-hydroxylation sites is 1. The molecule has 21 heavy (non-hydrogen) atoms. The third-order valence-corrected chi connectivity index (χ3v) is 2.74. The zero-order valence-corrected chi connectivity index (χ0v) is 13.1. The molecule has 4 heteroatoms. The second-order valence-corrected chi connectivity index (χ2v) is 4.39. The number of carbonyl (C=O) groups is 1. The second kappa shape index (κ2) is 9.86. The molecule has 0 N–H and O–H groups in total. The standard InChI is InChI=1S/C17H24O4/c1-4-7-13-21-16(18)12-11-14-9-8-10-15(19-5-2)17(14)20-6-3/h8-12H,4-7,13H2,1-3H3. The van der Waals surface area contributed by atoms with Gasteiger partial charge in [0.25, 0.3) is 0 Å². The number of hydrogen-bond acceptors (Lipinski definition) is 4. The van der Waals surface area contributed by atoms with E-state index in [0.29, 0.717) is 31.3 Å². The minimum atomic E-state index is -0.340. The SMILES string of the molecule is CCCCOC(=O)C=Cc1cccc(OCC)c1OCC. The Kier molecular flexibility index (Phi) is 8.02. The van der Waals surface area contributed by atoms with Crippen molar-refractivity contribution in [3.05, 3.63) is 29.8 Å². The molecule has 0 unspecified atom stereocenters. The summed E-state index contributed by atoms with van der Waals surface area (Å²) in [6, 6.07) is 5.60. The fourth-order valence-electron chi connectivity index (χ4n) is 1.76. The Bertz CT molecular complexity index is 466. The van der Waals surface area contributed by atoms with Crippen molar-refractivity contribution in [2.45, 2.75) is 33.6 Å². The highest BCUT2D eigenvalue weighted by Gasteiger charge is 2.09. The molecule has 0 aromatic heterocycles. The van der Waals surface area contributed by atoms with Gasteiger partial charge in [-0.3, -0.25) is 0 Å². The van der Waals surface area contributed by atoms with Crippen LogP contribution in [0.2, 0.25) is 0 Å². The van der Waals surface area contributed by atoms with Gasteiger partial charge in [0.05, 0.1) is 19.8 Å². The Morgan fingerprint density at radius 1 is 1.14 bits per heavy atom. The number of ether oxygens (including phenoxy) is 3. The van der Waals surface area contributed by atoms with Gasteiger partial charge in [-0.15, -0.1) is 0 Å². The molecule has 0 atom stereocenters. The van der Waals surface area contributed by atoms with Crippen molar-refractivity contribution in [1.82, 2.24) is 0 Å². The second-order valence-electron chi connectivity index (χ2n) is 4.39. The van der Waals surface area contributed by atoms with Crippen LogP contribution >= 0.6 is 0 Å². The van der Waals surface area contributed by atoms with Crippen LogP contribution in [0.1, 0.15) is 39.2 Å². The van der Waals surface area contributed by atoms with E-state index in [1.54, 1.807) is 6.08 Å². The average Bonchev–Trinajstić information content (AvgIpc) is 2.48. The van der Waals surface area contributed by atoms with Crippen molar-refractivity contribution in [3.8, 4) is 11.5 Å². The summed E-state index contributed by atoms with van der Waals surface area (Å²) in [5.74, 6) is 0.994. The normalized spacial score (nSPS) is 10.6. The first-order valence-electron chi connectivity index (χ1n) is 7.46. The lowest BCUT2D eigenvalue weighted by atomic mass is 10.1. The van der Waals surface area contributed by atoms with Crippen molar-refractivity contribution >= 4 is 12.0 Å². The van der Waals surface area contributed by atoms with Gasteiger partial charge in [-0.2, -0.15) is 0 Å². The van der Waals surface area contributed by atoms with Gasteiger partial charge < -0.3 is 14.2 Å². The highest BCUT2D eigenvalue weighted by Crippen LogP contribution is 2.32. The lowest BCUT2D eigenvalue weighted by Crippen LogP contribution is -2.02. The smallest absolute Gasteiger partial charge is 0.330 e. The van der Waals surface area contributed by atoms with E-state index in [1.165, 1.54) is 6.08 Å². The summed E-state index contributed by atoms with van der Waals surface area (Å²) in [7, 11) is 0. The van der Waals surface area contributed by atoms with E-state index in [9.17, 15) is 4.79 Å². The summed E-state index contributed by atoms with van der Waals surface area (Å²) < 4.78 is 16.2. The van der Waals surface area contributed by atoms with Crippen LogP contribution in [0, 0.1) is 0 Å². The maximum Gasteiger partial charge on any atom is 0.330 e. The van der Waals surface area contributed by atoms with Crippen LogP contribution in [0.4, 0.5) is 0 Å². The van der Waals surface area contributed by atoms with Crippen LogP contribution in [-0.4, -0.2) is 25.8 Å². The van der Waals surface area contributed by atoms with Crippen LogP contribution < -0.4 is 9.47 Å². The zero-order valence-electron chi connectivity index (χ0n) is 13.1. The van der Waals surface area contributed by atoms with E-state index in [2.05, 4.69) is 6.92 Å². The van der Waals surface area contributed by atoms with Gasteiger partial charge in [0.1, 0.15) is 0 Å². The summed E-state index contributed by atoms with van der Waals surface area (Å²) in [4.78, 5) is 11.6. The Hall–Kier alpha value is -1.97. The molecule has 4 nitrogen and oxygen atoms in total. The van der Waals surface area contributed by atoms with E-state index < -0.39 is 0 Å². The molecule has 0 spiro atoms. The summed E-state index contributed by atoms with van der Waals surface area (Å²) in [5, 5.41) is 0. The van der Waals surface area contributed by atoms with Gasteiger partial charge in [0.2, 0.25) is 0 Å². The van der Waals surface area contributed by atoms with Crippen LogP contribution in [0.25, 0.3) is 6.08 Å². The first kappa shape index (κ1) is 17.1. The molecule has 0 heterocycles. The molecule has 116 valence electrons. The number of rotatable bonds is 9. The van der Waals surface area contributed by atoms with Crippen molar-refractivity contribution in [3.63, 3.8) is 0 Å². The largest absolute Gasteiger partial charge is 0.490 e. The van der Waals surface area contributed by atoms with Crippen molar-refractivity contribution in [2.75, 3.05) is 19.8 Å². The first-order valence-corrected chi connectivity index (χ1v) is 7.46. The molecule has 0 aliphatic carbocycles. The molecule has 0 bridgehead atoms. The lowest BCUT2D eigenvalue weighted by Gasteiger charge is -2.13. The van der Waals surface area contributed by atoms with Crippen molar-refractivity contribution < 1.29 is 19.0 Å². The molecule has 0 saturated carbocycles. The third-order valence-electron chi connectivity index (χ3n) is 2.74. The van der Waals surface area contributed by atoms with Crippen LogP contribution in [0.3, 0.4) is 0 Å². The first-order chi connectivity index (χ1) is 10.2. The highest BCUT2D eigenvalue weighted by atomic mass is 16.5. The maximum atomic E-state index is 11.6. The summed E-state index contributed by atoms with van der Waals surface area (Å²) in [5.41, 5.74) is 0.801. The van der Waals surface area contributed by atoms with Gasteiger partial charge in [0.15, 0.2) is 11.5 Å². The molecule has 1 aromatic carbocycles. The Morgan fingerprint density at radius 2 is 1.90 bits per heavy atom. The molecule has 0 fully saturated rings. The Balaban J connectivity index is 2.81. The predicted molar refractivity (Wildman–Crippen MR) is 83.7 cm³/mol. The Morgan fingerprint density at radius 3 is 2.57 bits per heavy atom. The fourth-order valence-corrected chi connectivity index (χ4v) is 1.76. The van der Waals surface area contributed by atoms with Gasteiger partial charge in [-0.1, -0.05) is 25.5 Å². The fraction of sp³-hybridized carbons (Fsp3) is 0.471. The monoisotopic (exact) mass is 292 g/mol. The molecule has 1 rings (SSSR count). The molecule has 0 amide bonds. The van der Waals surface area contributed by atoms with Crippen molar-refractivity contribution in [2.24, 2.45) is 0 Å². The quantitative estimate of drug-likeness (QED) is 0.394. The van der Waals surface area contributed by atoms with E-state index >= 15 is 0 Å². The molecule has 0 aliphatic rings. The average molecular weight is 292 g/mol. The van der Waals surface area contributed by atoms with Gasteiger partial charge >= 0.3 is 5.97 Å². The maximum absolute atomic E-state index is 11.6. The predicted octanol–water partition coefficient (Wildman–Crippen LogP) is 3.84.